The lowest BCUT2D eigenvalue weighted by atomic mass is 10.1. The molecule has 0 aliphatic carbocycles. The molecule has 136 valence electrons. The van der Waals surface area contributed by atoms with E-state index in [0.29, 0.717) is 36.6 Å². The molecule has 27 heavy (non-hydrogen) atoms. The van der Waals surface area contributed by atoms with Gasteiger partial charge in [-0.2, -0.15) is 0 Å². The summed E-state index contributed by atoms with van der Waals surface area (Å²) in [4.78, 5) is 21.3. The average molecular weight is 361 g/mol. The molecule has 4 aromatic rings. The molecule has 2 aromatic carbocycles. The first-order valence-electron chi connectivity index (χ1n) is 8.73. The van der Waals surface area contributed by atoms with E-state index in [4.69, 9.17) is 9.15 Å². The number of hydrogen-bond acceptors (Lipinski definition) is 5. The minimum absolute atomic E-state index is 0.167. The minimum atomic E-state index is -0.167. The molecule has 1 amide bonds. The zero-order valence-electron chi connectivity index (χ0n) is 14.9. The summed E-state index contributed by atoms with van der Waals surface area (Å²) in [6, 6.07) is 15.2. The molecule has 2 heterocycles. The Bertz CT molecular complexity index is 1100. The molecule has 0 fully saturated rings. The SMILES string of the molecule is COCCc1nc2ccc(C(=O)NCc3cnc4ccccc4c3)cc2o1. The number of para-hydroxylation sites is 1. The fourth-order valence-electron chi connectivity index (χ4n) is 2.91. The normalized spacial score (nSPS) is 11.1. The van der Waals surface area contributed by atoms with Gasteiger partial charge in [-0.05, 0) is 35.9 Å². The number of oxazole rings is 1. The number of benzene rings is 2. The quantitative estimate of drug-likeness (QED) is 0.569. The van der Waals surface area contributed by atoms with Gasteiger partial charge < -0.3 is 14.5 Å². The zero-order valence-corrected chi connectivity index (χ0v) is 14.9. The third-order valence-electron chi connectivity index (χ3n) is 4.32. The Hall–Kier alpha value is -3.25. The van der Waals surface area contributed by atoms with Crippen molar-refractivity contribution in [2.45, 2.75) is 13.0 Å². The van der Waals surface area contributed by atoms with Crippen LogP contribution in [0.3, 0.4) is 0 Å². The summed E-state index contributed by atoms with van der Waals surface area (Å²) in [6.45, 7) is 0.949. The van der Waals surface area contributed by atoms with Crippen LogP contribution in [-0.2, 0) is 17.7 Å². The van der Waals surface area contributed by atoms with Crippen molar-refractivity contribution in [2.75, 3.05) is 13.7 Å². The van der Waals surface area contributed by atoms with Gasteiger partial charge >= 0.3 is 0 Å². The maximum absolute atomic E-state index is 12.5. The van der Waals surface area contributed by atoms with Crippen molar-refractivity contribution in [3.05, 3.63) is 71.7 Å². The molecule has 6 nitrogen and oxygen atoms in total. The number of nitrogens with one attached hydrogen (secondary N) is 1. The summed E-state index contributed by atoms with van der Waals surface area (Å²) < 4.78 is 10.7. The maximum Gasteiger partial charge on any atom is 0.251 e. The van der Waals surface area contributed by atoms with Gasteiger partial charge in [0.15, 0.2) is 11.5 Å². The summed E-state index contributed by atoms with van der Waals surface area (Å²) >= 11 is 0. The molecule has 4 rings (SSSR count). The van der Waals surface area contributed by atoms with E-state index in [2.05, 4.69) is 15.3 Å². The number of pyridine rings is 1. The lowest BCUT2D eigenvalue weighted by molar-refractivity contribution is 0.0951. The number of rotatable bonds is 6. The van der Waals surface area contributed by atoms with Crippen molar-refractivity contribution >= 4 is 27.9 Å². The summed E-state index contributed by atoms with van der Waals surface area (Å²) in [5, 5.41) is 3.98. The molecule has 6 heteroatoms. The molecular formula is C21H19N3O3. The van der Waals surface area contributed by atoms with Gasteiger partial charge in [-0.3, -0.25) is 9.78 Å². The van der Waals surface area contributed by atoms with Crippen LogP contribution in [-0.4, -0.2) is 29.6 Å². The smallest absolute Gasteiger partial charge is 0.251 e. The first-order chi connectivity index (χ1) is 13.2. The van der Waals surface area contributed by atoms with E-state index in [1.54, 1.807) is 31.5 Å². The van der Waals surface area contributed by atoms with Crippen molar-refractivity contribution in [2.24, 2.45) is 0 Å². The van der Waals surface area contributed by atoms with Gasteiger partial charge in [-0.25, -0.2) is 4.98 Å². The third-order valence-corrected chi connectivity index (χ3v) is 4.32. The molecular weight excluding hydrogens is 342 g/mol. The second-order valence-electron chi connectivity index (χ2n) is 6.25. The van der Waals surface area contributed by atoms with Crippen molar-refractivity contribution in [3.63, 3.8) is 0 Å². The molecule has 0 aliphatic heterocycles. The molecule has 0 unspecified atom stereocenters. The van der Waals surface area contributed by atoms with Crippen molar-refractivity contribution < 1.29 is 13.9 Å². The van der Waals surface area contributed by atoms with Crippen LogP contribution in [0.4, 0.5) is 0 Å². The van der Waals surface area contributed by atoms with Crippen LogP contribution >= 0.6 is 0 Å². The zero-order chi connectivity index (χ0) is 18.6. The van der Waals surface area contributed by atoms with E-state index in [1.165, 1.54) is 0 Å². The monoisotopic (exact) mass is 361 g/mol. The molecule has 0 atom stereocenters. The lowest BCUT2D eigenvalue weighted by Crippen LogP contribution is -2.22. The van der Waals surface area contributed by atoms with E-state index < -0.39 is 0 Å². The second kappa shape index (κ2) is 7.55. The summed E-state index contributed by atoms with van der Waals surface area (Å²) in [7, 11) is 1.64. The van der Waals surface area contributed by atoms with E-state index in [1.807, 2.05) is 30.3 Å². The predicted molar refractivity (Wildman–Crippen MR) is 103 cm³/mol. The Morgan fingerprint density at radius 1 is 1.15 bits per heavy atom. The Morgan fingerprint density at radius 2 is 2.04 bits per heavy atom. The van der Waals surface area contributed by atoms with Gasteiger partial charge in [0.1, 0.15) is 5.52 Å². The van der Waals surface area contributed by atoms with Crippen molar-refractivity contribution in [1.29, 1.82) is 0 Å². The molecule has 0 aliphatic rings. The molecule has 0 spiro atoms. The van der Waals surface area contributed by atoms with Crippen molar-refractivity contribution in [1.82, 2.24) is 15.3 Å². The summed E-state index contributed by atoms with van der Waals surface area (Å²) in [6.07, 6.45) is 2.38. The Morgan fingerprint density at radius 3 is 2.93 bits per heavy atom. The number of nitrogens with zero attached hydrogens (tertiary/aromatic N) is 2. The van der Waals surface area contributed by atoms with Crippen LogP contribution in [0.1, 0.15) is 21.8 Å². The fraction of sp³-hybridized carbons (Fsp3) is 0.190. The van der Waals surface area contributed by atoms with E-state index in [9.17, 15) is 4.79 Å². The van der Waals surface area contributed by atoms with Gasteiger partial charge in [-0.1, -0.05) is 18.2 Å². The van der Waals surface area contributed by atoms with Gasteiger partial charge in [0.2, 0.25) is 0 Å². The second-order valence-corrected chi connectivity index (χ2v) is 6.25. The lowest BCUT2D eigenvalue weighted by Gasteiger charge is -2.06. The highest BCUT2D eigenvalue weighted by Gasteiger charge is 2.11. The third kappa shape index (κ3) is 3.80. The van der Waals surface area contributed by atoms with E-state index in [-0.39, 0.29) is 5.91 Å². The Labute approximate surface area is 156 Å². The molecule has 0 saturated carbocycles. The van der Waals surface area contributed by atoms with Crippen LogP contribution in [0, 0.1) is 0 Å². The fourth-order valence-corrected chi connectivity index (χ4v) is 2.91. The van der Waals surface area contributed by atoms with Crippen LogP contribution in [0.25, 0.3) is 22.0 Å². The average Bonchev–Trinajstić information content (AvgIpc) is 3.12. The predicted octanol–water partition coefficient (Wildman–Crippen LogP) is 3.49. The van der Waals surface area contributed by atoms with Crippen LogP contribution < -0.4 is 5.32 Å². The minimum Gasteiger partial charge on any atom is -0.441 e. The highest BCUT2D eigenvalue weighted by Crippen LogP contribution is 2.18. The summed E-state index contributed by atoms with van der Waals surface area (Å²) in [5.74, 6) is 0.437. The van der Waals surface area contributed by atoms with Crippen LogP contribution in [0.2, 0.25) is 0 Å². The molecule has 2 aromatic heterocycles. The molecule has 0 radical (unpaired) electrons. The number of ether oxygens (including phenoxy) is 1. The molecule has 1 N–H and O–H groups in total. The van der Waals surface area contributed by atoms with Gasteiger partial charge in [0.05, 0.1) is 12.1 Å². The number of methoxy groups -OCH3 is 1. The number of amides is 1. The standard InChI is InChI=1S/C21H19N3O3/c1-26-9-8-20-24-18-7-6-16(11-19(18)27-20)21(25)23-13-14-10-15-4-2-3-5-17(15)22-12-14/h2-7,10-12H,8-9,13H2,1H3,(H,23,25). The number of carbonyl (C=O) groups is 1. The van der Waals surface area contributed by atoms with Crippen LogP contribution in [0.5, 0.6) is 0 Å². The highest BCUT2D eigenvalue weighted by molar-refractivity contribution is 5.97. The van der Waals surface area contributed by atoms with Gasteiger partial charge in [0.25, 0.3) is 5.91 Å². The number of hydrogen-bond donors (Lipinski definition) is 1. The van der Waals surface area contributed by atoms with E-state index >= 15 is 0 Å². The van der Waals surface area contributed by atoms with Crippen LogP contribution in [0.15, 0.2) is 59.1 Å². The number of fused-ring (bicyclic) bond motifs is 2. The number of aromatic nitrogens is 2. The first-order valence-corrected chi connectivity index (χ1v) is 8.73. The largest absolute Gasteiger partial charge is 0.441 e. The van der Waals surface area contributed by atoms with Crippen molar-refractivity contribution in [3.8, 4) is 0 Å². The molecule has 0 saturated heterocycles. The van der Waals surface area contributed by atoms with Gasteiger partial charge in [-0.15, -0.1) is 0 Å². The Balaban J connectivity index is 1.46. The highest BCUT2D eigenvalue weighted by atomic mass is 16.5. The van der Waals surface area contributed by atoms with E-state index in [0.717, 1.165) is 22.0 Å². The topological polar surface area (TPSA) is 77.2 Å². The summed E-state index contributed by atoms with van der Waals surface area (Å²) in [5.41, 5.74) is 3.75. The maximum atomic E-state index is 12.5. The van der Waals surface area contributed by atoms with Gasteiger partial charge in [0, 0.05) is 37.2 Å². The molecule has 0 bridgehead atoms. The first kappa shape index (κ1) is 17.2. The number of carbonyl (C=O) groups excluding carboxylic acids is 1. The Kier molecular flexibility index (Phi) is 4.80.